The van der Waals surface area contributed by atoms with E-state index in [-0.39, 0.29) is 35.1 Å². The molecule has 9 heteroatoms. The number of amides is 2. The Bertz CT molecular complexity index is 1180. The van der Waals surface area contributed by atoms with Crippen LogP contribution in [0.5, 0.6) is 0 Å². The maximum Gasteiger partial charge on any atom is 0.323 e. The summed E-state index contributed by atoms with van der Waals surface area (Å²) >= 11 is 5.79. The lowest BCUT2D eigenvalue weighted by Gasteiger charge is -2.18. The van der Waals surface area contributed by atoms with Gasteiger partial charge in [-0.2, -0.15) is 5.10 Å². The molecule has 34 heavy (non-hydrogen) atoms. The Morgan fingerprint density at radius 1 is 1.15 bits per heavy atom. The SMILES string of the molecule is CCC(CC(=O)OC)c1ccc(-c2cnn(C(C)C)c2)c(NC(=O)Nc2ccc(Cl)cc2F)c1. The number of nitrogens with one attached hydrogen (secondary N) is 2. The van der Waals surface area contributed by atoms with Crippen molar-refractivity contribution in [2.75, 3.05) is 17.7 Å². The third-order valence-corrected chi connectivity index (χ3v) is 5.75. The van der Waals surface area contributed by atoms with E-state index in [1.165, 1.54) is 19.2 Å². The van der Waals surface area contributed by atoms with Gasteiger partial charge in [0.15, 0.2) is 0 Å². The summed E-state index contributed by atoms with van der Waals surface area (Å²) in [5.41, 5.74) is 2.95. The first-order chi connectivity index (χ1) is 16.2. The molecule has 2 amide bonds. The topological polar surface area (TPSA) is 85.2 Å². The van der Waals surface area contributed by atoms with Crippen LogP contribution in [0.1, 0.15) is 51.1 Å². The second-order valence-electron chi connectivity index (χ2n) is 8.20. The highest BCUT2D eigenvalue weighted by molar-refractivity contribution is 6.30. The molecule has 0 aliphatic rings. The molecule has 2 N–H and O–H groups in total. The Balaban J connectivity index is 1.95. The van der Waals surface area contributed by atoms with Crippen molar-refractivity contribution in [3.8, 4) is 11.1 Å². The van der Waals surface area contributed by atoms with E-state index in [4.69, 9.17) is 16.3 Å². The minimum atomic E-state index is -0.640. The number of methoxy groups -OCH3 is 1. The van der Waals surface area contributed by atoms with Gasteiger partial charge < -0.3 is 15.4 Å². The number of ether oxygens (including phenoxy) is 1. The summed E-state index contributed by atoms with van der Waals surface area (Å²) in [5, 5.41) is 9.96. The number of hydrogen-bond donors (Lipinski definition) is 2. The molecule has 0 aliphatic carbocycles. The zero-order chi connectivity index (χ0) is 24.8. The van der Waals surface area contributed by atoms with Crippen molar-refractivity contribution in [3.05, 3.63) is 65.2 Å². The molecule has 0 saturated heterocycles. The maximum atomic E-state index is 14.2. The van der Waals surface area contributed by atoms with Crippen LogP contribution < -0.4 is 10.6 Å². The molecule has 0 aliphatic heterocycles. The molecule has 7 nitrogen and oxygen atoms in total. The van der Waals surface area contributed by atoms with Crippen LogP contribution in [0.3, 0.4) is 0 Å². The number of carbonyl (C=O) groups excluding carboxylic acids is 2. The van der Waals surface area contributed by atoms with E-state index in [0.29, 0.717) is 12.1 Å². The second-order valence-corrected chi connectivity index (χ2v) is 8.63. The Labute approximate surface area is 203 Å². The Hall–Kier alpha value is -3.39. The number of halogens is 2. The maximum absolute atomic E-state index is 14.2. The molecular weight excluding hydrogens is 459 g/mol. The summed E-state index contributed by atoms with van der Waals surface area (Å²) in [5.74, 6) is -1.03. The van der Waals surface area contributed by atoms with Gasteiger partial charge in [-0.05, 0) is 56.0 Å². The minimum Gasteiger partial charge on any atom is -0.469 e. The molecule has 1 aromatic heterocycles. The zero-order valence-corrected chi connectivity index (χ0v) is 20.3. The molecule has 2 aromatic carbocycles. The monoisotopic (exact) mass is 486 g/mol. The first-order valence-corrected chi connectivity index (χ1v) is 11.4. The third-order valence-electron chi connectivity index (χ3n) is 5.52. The van der Waals surface area contributed by atoms with Gasteiger partial charge in [0.2, 0.25) is 0 Å². The molecule has 1 atom stereocenters. The van der Waals surface area contributed by atoms with Gasteiger partial charge in [-0.3, -0.25) is 9.48 Å². The summed E-state index contributed by atoms with van der Waals surface area (Å²) in [6.45, 7) is 6.02. The number of hydrogen-bond acceptors (Lipinski definition) is 4. The summed E-state index contributed by atoms with van der Waals surface area (Å²) in [6.07, 6.45) is 4.55. The summed E-state index contributed by atoms with van der Waals surface area (Å²) < 4.78 is 20.8. The number of urea groups is 1. The average Bonchev–Trinajstić information content (AvgIpc) is 3.29. The lowest BCUT2D eigenvalue weighted by molar-refractivity contribution is -0.141. The van der Waals surface area contributed by atoms with Gasteiger partial charge in [0.1, 0.15) is 5.82 Å². The normalized spacial score (nSPS) is 11.9. The van der Waals surface area contributed by atoms with Crippen molar-refractivity contribution >= 4 is 35.0 Å². The molecule has 0 fully saturated rings. The Morgan fingerprint density at radius 3 is 2.50 bits per heavy atom. The number of nitrogens with zero attached hydrogens (tertiary/aromatic N) is 2. The summed E-state index contributed by atoms with van der Waals surface area (Å²) in [4.78, 5) is 24.6. The standard InChI is InChI=1S/C25H28ClFN4O3/c1-5-16(11-24(32)34-4)17-6-8-20(18-13-28-31(14-18)15(2)3)23(10-17)30-25(33)29-22-9-7-19(26)12-21(22)27/h6-10,12-16H,5,11H2,1-4H3,(H2,29,30,33). The van der Waals surface area contributed by atoms with E-state index in [1.807, 2.05) is 49.8 Å². The van der Waals surface area contributed by atoms with Gasteiger partial charge in [-0.15, -0.1) is 0 Å². The van der Waals surface area contributed by atoms with Crippen molar-refractivity contribution in [2.45, 2.75) is 45.6 Å². The van der Waals surface area contributed by atoms with Crippen LogP contribution >= 0.6 is 11.6 Å². The van der Waals surface area contributed by atoms with Crippen LogP contribution in [-0.4, -0.2) is 28.9 Å². The molecule has 3 rings (SSSR count). The molecule has 1 unspecified atom stereocenters. The molecule has 0 bridgehead atoms. The van der Waals surface area contributed by atoms with Gasteiger partial charge in [-0.25, -0.2) is 9.18 Å². The Morgan fingerprint density at radius 2 is 1.88 bits per heavy atom. The number of esters is 1. The molecule has 3 aromatic rings. The molecule has 180 valence electrons. The van der Waals surface area contributed by atoms with Gasteiger partial charge in [-0.1, -0.05) is 30.7 Å². The Kier molecular flexibility index (Phi) is 8.28. The molecule has 0 radical (unpaired) electrons. The number of carbonyl (C=O) groups is 2. The average molecular weight is 487 g/mol. The quantitative estimate of drug-likeness (QED) is 0.350. The van der Waals surface area contributed by atoms with E-state index in [9.17, 15) is 14.0 Å². The van der Waals surface area contributed by atoms with Crippen LogP contribution in [0.25, 0.3) is 11.1 Å². The van der Waals surface area contributed by atoms with Crippen molar-refractivity contribution < 1.29 is 18.7 Å². The lowest BCUT2D eigenvalue weighted by atomic mass is 9.91. The number of aromatic nitrogens is 2. The van der Waals surface area contributed by atoms with Crippen molar-refractivity contribution in [1.29, 1.82) is 0 Å². The van der Waals surface area contributed by atoms with Crippen LogP contribution in [0, 0.1) is 5.82 Å². The van der Waals surface area contributed by atoms with Crippen LogP contribution in [0.15, 0.2) is 48.8 Å². The number of anilines is 2. The van der Waals surface area contributed by atoms with Gasteiger partial charge in [0.05, 0.1) is 31.1 Å². The third kappa shape index (κ3) is 6.14. The number of rotatable bonds is 8. The van der Waals surface area contributed by atoms with Crippen molar-refractivity contribution in [3.63, 3.8) is 0 Å². The van der Waals surface area contributed by atoms with Crippen LogP contribution in [-0.2, 0) is 9.53 Å². The van der Waals surface area contributed by atoms with Gasteiger partial charge >= 0.3 is 12.0 Å². The van der Waals surface area contributed by atoms with Crippen molar-refractivity contribution in [1.82, 2.24) is 9.78 Å². The second kappa shape index (κ2) is 11.2. The summed E-state index contributed by atoms with van der Waals surface area (Å²) in [7, 11) is 1.36. The largest absolute Gasteiger partial charge is 0.469 e. The van der Waals surface area contributed by atoms with Crippen LogP contribution in [0.4, 0.5) is 20.6 Å². The van der Waals surface area contributed by atoms with E-state index in [2.05, 4.69) is 15.7 Å². The van der Waals surface area contributed by atoms with E-state index in [0.717, 1.165) is 22.8 Å². The molecule has 1 heterocycles. The predicted octanol–water partition coefficient (Wildman–Crippen LogP) is 6.62. The van der Waals surface area contributed by atoms with Crippen molar-refractivity contribution in [2.24, 2.45) is 0 Å². The van der Waals surface area contributed by atoms with E-state index in [1.54, 1.807) is 6.20 Å². The predicted molar refractivity (Wildman–Crippen MR) is 132 cm³/mol. The first kappa shape index (κ1) is 25.2. The highest BCUT2D eigenvalue weighted by Gasteiger charge is 2.19. The summed E-state index contributed by atoms with van der Waals surface area (Å²) in [6, 6.07) is 9.22. The highest BCUT2D eigenvalue weighted by atomic mass is 35.5. The van der Waals surface area contributed by atoms with Gasteiger partial charge in [0.25, 0.3) is 0 Å². The fourth-order valence-electron chi connectivity index (χ4n) is 3.58. The van der Waals surface area contributed by atoms with Crippen LogP contribution in [0.2, 0.25) is 5.02 Å². The van der Waals surface area contributed by atoms with E-state index >= 15 is 0 Å². The lowest BCUT2D eigenvalue weighted by Crippen LogP contribution is -2.21. The first-order valence-electron chi connectivity index (χ1n) is 11.0. The number of benzene rings is 2. The fraction of sp³-hybridized carbons (Fsp3) is 0.320. The molecular formula is C25H28ClFN4O3. The fourth-order valence-corrected chi connectivity index (χ4v) is 3.74. The zero-order valence-electron chi connectivity index (χ0n) is 19.6. The highest BCUT2D eigenvalue weighted by Crippen LogP contribution is 2.34. The minimum absolute atomic E-state index is 0.00404. The molecule has 0 spiro atoms. The smallest absolute Gasteiger partial charge is 0.323 e. The van der Waals surface area contributed by atoms with E-state index < -0.39 is 11.8 Å². The van der Waals surface area contributed by atoms with Gasteiger partial charge in [0, 0.05) is 28.4 Å². The molecule has 0 saturated carbocycles.